The molecule has 0 saturated carbocycles. The third-order valence-corrected chi connectivity index (χ3v) is 6.13. The number of rotatable bonds is 7. The number of nitrogens with one attached hydrogen (secondary N) is 1. The Morgan fingerprint density at radius 1 is 1.12 bits per heavy atom. The van der Waals surface area contributed by atoms with Gasteiger partial charge in [-0.05, 0) is 40.7 Å². The van der Waals surface area contributed by atoms with Crippen molar-refractivity contribution in [1.82, 2.24) is 20.1 Å². The quantitative estimate of drug-likeness (QED) is 0.640. The van der Waals surface area contributed by atoms with E-state index in [1.165, 1.54) is 5.56 Å². The smallest absolute Gasteiger partial charge is 0.410 e. The lowest BCUT2D eigenvalue weighted by Gasteiger charge is -2.35. The Morgan fingerprint density at radius 2 is 1.81 bits per heavy atom. The van der Waals surface area contributed by atoms with Crippen molar-refractivity contribution in [3.8, 4) is 10.6 Å². The summed E-state index contributed by atoms with van der Waals surface area (Å²) in [7, 11) is 0. The van der Waals surface area contributed by atoms with E-state index in [-0.39, 0.29) is 12.0 Å². The molecule has 0 atom stereocenters. The minimum atomic E-state index is -0.465. The lowest BCUT2D eigenvalue weighted by Crippen LogP contribution is -2.50. The van der Waals surface area contributed by atoms with Crippen molar-refractivity contribution >= 4 is 23.3 Å². The van der Waals surface area contributed by atoms with Gasteiger partial charge >= 0.3 is 6.09 Å². The van der Waals surface area contributed by atoms with Gasteiger partial charge in [0.25, 0.3) is 0 Å². The highest BCUT2D eigenvalue weighted by Gasteiger charge is 2.25. The predicted octanol–water partition coefficient (Wildman–Crippen LogP) is 3.72. The molecule has 2 heterocycles. The number of hydrogen-bond acceptors (Lipinski definition) is 6. The average molecular weight is 459 g/mol. The van der Waals surface area contributed by atoms with E-state index in [2.05, 4.69) is 46.4 Å². The third kappa shape index (κ3) is 7.60. The topological polar surface area (TPSA) is 74.8 Å². The van der Waals surface area contributed by atoms with Gasteiger partial charge in [0.1, 0.15) is 10.6 Å². The number of aromatic nitrogens is 1. The number of aryl methyl sites for hydroxylation is 1. The second kappa shape index (κ2) is 10.9. The van der Waals surface area contributed by atoms with E-state index < -0.39 is 5.60 Å². The molecule has 1 aromatic heterocycles. The van der Waals surface area contributed by atoms with E-state index >= 15 is 0 Å². The Morgan fingerprint density at radius 3 is 2.47 bits per heavy atom. The number of hydrogen-bond donors (Lipinski definition) is 1. The van der Waals surface area contributed by atoms with Crippen molar-refractivity contribution in [2.75, 3.05) is 39.3 Å². The first-order chi connectivity index (χ1) is 15.2. The molecule has 3 rings (SSSR count). The van der Waals surface area contributed by atoms with Crippen LogP contribution in [0.1, 0.15) is 38.4 Å². The number of nitrogens with zero attached hydrogens (tertiary/aromatic N) is 3. The van der Waals surface area contributed by atoms with E-state index in [0.29, 0.717) is 26.1 Å². The molecule has 32 heavy (non-hydrogen) atoms. The molecule has 1 fully saturated rings. The summed E-state index contributed by atoms with van der Waals surface area (Å²) < 4.78 is 5.43. The van der Waals surface area contributed by atoms with Crippen LogP contribution in [0.15, 0.2) is 29.6 Å². The molecule has 7 nitrogen and oxygen atoms in total. The van der Waals surface area contributed by atoms with Crippen LogP contribution in [0, 0.1) is 6.92 Å². The number of thiazole rings is 1. The highest BCUT2D eigenvalue weighted by atomic mass is 32.1. The molecule has 0 bridgehead atoms. The van der Waals surface area contributed by atoms with Crippen molar-refractivity contribution in [3.63, 3.8) is 0 Å². The van der Waals surface area contributed by atoms with Gasteiger partial charge in [-0.2, -0.15) is 0 Å². The average Bonchev–Trinajstić information content (AvgIpc) is 3.19. The highest BCUT2D eigenvalue weighted by Crippen LogP contribution is 2.24. The molecule has 2 amide bonds. The molecule has 0 unspecified atom stereocenters. The van der Waals surface area contributed by atoms with Crippen LogP contribution >= 0.6 is 11.3 Å². The monoisotopic (exact) mass is 458 g/mol. The van der Waals surface area contributed by atoms with Crippen molar-refractivity contribution in [2.45, 2.75) is 46.1 Å². The number of amides is 2. The number of piperazine rings is 1. The first-order valence-corrected chi connectivity index (χ1v) is 12.1. The molecule has 174 valence electrons. The maximum Gasteiger partial charge on any atom is 0.410 e. The minimum Gasteiger partial charge on any atom is -0.444 e. The molecule has 0 aliphatic carbocycles. The standard InChI is InChI=1S/C24H34N4O3S/c1-18-6-8-19(9-7-18)22-26-20(17-32-22)16-21(29)25-10-5-11-27-12-14-28(15-13-27)23(30)31-24(2,3)4/h6-9,17H,5,10-16H2,1-4H3,(H,25,29). The third-order valence-electron chi connectivity index (χ3n) is 5.19. The first-order valence-electron chi connectivity index (χ1n) is 11.2. The van der Waals surface area contributed by atoms with Gasteiger partial charge in [0.05, 0.1) is 12.1 Å². The Balaban J connectivity index is 1.32. The number of benzene rings is 1. The number of ether oxygens (including phenoxy) is 1. The fourth-order valence-electron chi connectivity index (χ4n) is 3.45. The van der Waals surface area contributed by atoms with E-state index in [0.717, 1.165) is 42.3 Å². The predicted molar refractivity (Wildman–Crippen MR) is 128 cm³/mol. The fraction of sp³-hybridized carbons (Fsp3) is 0.542. The largest absolute Gasteiger partial charge is 0.444 e. The lowest BCUT2D eigenvalue weighted by atomic mass is 10.2. The summed E-state index contributed by atoms with van der Waals surface area (Å²) in [4.78, 5) is 33.1. The van der Waals surface area contributed by atoms with Crippen molar-refractivity contribution < 1.29 is 14.3 Å². The summed E-state index contributed by atoms with van der Waals surface area (Å²) in [5, 5.41) is 5.89. The first kappa shape index (κ1) is 24.2. The molecule has 1 aliphatic heterocycles. The summed E-state index contributed by atoms with van der Waals surface area (Å²) in [6, 6.07) is 8.26. The molecule has 1 N–H and O–H groups in total. The highest BCUT2D eigenvalue weighted by molar-refractivity contribution is 7.13. The lowest BCUT2D eigenvalue weighted by molar-refractivity contribution is -0.120. The number of carbonyl (C=O) groups is 2. The maximum absolute atomic E-state index is 12.3. The maximum atomic E-state index is 12.3. The van der Waals surface area contributed by atoms with Crippen LogP contribution in [-0.4, -0.2) is 71.7 Å². The van der Waals surface area contributed by atoms with Crippen molar-refractivity contribution in [3.05, 3.63) is 40.9 Å². The Bertz CT molecular complexity index is 897. The molecule has 8 heteroatoms. The van der Waals surface area contributed by atoms with Crippen LogP contribution < -0.4 is 5.32 Å². The van der Waals surface area contributed by atoms with Crippen LogP contribution in [0.5, 0.6) is 0 Å². The zero-order valence-corrected chi connectivity index (χ0v) is 20.3. The van der Waals surface area contributed by atoms with Crippen LogP contribution in [-0.2, 0) is 16.0 Å². The van der Waals surface area contributed by atoms with Gasteiger partial charge in [0.15, 0.2) is 0 Å². The molecular formula is C24H34N4O3S. The summed E-state index contributed by atoms with van der Waals surface area (Å²) in [6.45, 7) is 12.2. The normalized spacial score (nSPS) is 14.9. The zero-order valence-electron chi connectivity index (χ0n) is 19.5. The minimum absolute atomic E-state index is 0.000464. The molecule has 0 radical (unpaired) electrons. The van der Waals surface area contributed by atoms with Crippen LogP contribution in [0.2, 0.25) is 0 Å². The SMILES string of the molecule is Cc1ccc(-c2nc(CC(=O)NCCCN3CCN(C(=O)OC(C)(C)C)CC3)cs2)cc1. The Kier molecular flexibility index (Phi) is 8.26. The molecule has 1 saturated heterocycles. The van der Waals surface area contributed by atoms with Crippen LogP contribution in [0.25, 0.3) is 10.6 Å². The fourth-order valence-corrected chi connectivity index (χ4v) is 4.28. The van der Waals surface area contributed by atoms with Gasteiger partial charge in [-0.3, -0.25) is 9.69 Å². The molecule has 1 aromatic carbocycles. The Labute approximate surface area is 194 Å². The molecule has 1 aliphatic rings. The van der Waals surface area contributed by atoms with Gasteiger partial charge in [-0.25, -0.2) is 9.78 Å². The Hall–Kier alpha value is -2.45. The summed E-state index contributed by atoms with van der Waals surface area (Å²) in [6.07, 6.45) is 0.942. The van der Waals surface area contributed by atoms with Crippen LogP contribution in [0.4, 0.5) is 4.79 Å². The van der Waals surface area contributed by atoms with Gasteiger partial charge in [-0.15, -0.1) is 11.3 Å². The second-order valence-corrected chi connectivity index (χ2v) is 10.1. The van der Waals surface area contributed by atoms with Gasteiger partial charge in [0, 0.05) is 43.7 Å². The molecule has 2 aromatic rings. The van der Waals surface area contributed by atoms with Gasteiger partial charge < -0.3 is 15.0 Å². The van der Waals surface area contributed by atoms with Crippen molar-refractivity contribution in [1.29, 1.82) is 0 Å². The molecular weight excluding hydrogens is 424 g/mol. The number of carbonyl (C=O) groups excluding carboxylic acids is 2. The summed E-state index contributed by atoms with van der Waals surface area (Å²) >= 11 is 1.57. The van der Waals surface area contributed by atoms with Gasteiger partial charge in [0.2, 0.25) is 5.91 Å². The van der Waals surface area contributed by atoms with Crippen LogP contribution in [0.3, 0.4) is 0 Å². The van der Waals surface area contributed by atoms with E-state index in [4.69, 9.17) is 4.74 Å². The van der Waals surface area contributed by atoms with E-state index in [1.54, 1.807) is 16.2 Å². The van der Waals surface area contributed by atoms with Gasteiger partial charge in [-0.1, -0.05) is 29.8 Å². The van der Waals surface area contributed by atoms with E-state index in [1.807, 2.05) is 26.2 Å². The summed E-state index contributed by atoms with van der Waals surface area (Å²) in [5.74, 6) is 0.000464. The second-order valence-electron chi connectivity index (χ2n) is 9.20. The van der Waals surface area contributed by atoms with Crippen molar-refractivity contribution in [2.24, 2.45) is 0 Å². The van der Waals surface area contributed by atoms with E-state index in [9.17, 15) is 9.59 Å². The molecule has 0 spiro atoms. The summed E-state index contributed by atoms with van der Waals surface area (Å²) in [5.41, 5.74) is 2.64. The zero-order chi connectivity index (χ0) is 23.1.